The predicted octanol–water partition coefficient (Wildman–Crippen LogP) is 4.92. The molecule has 1 unspecified atom stereocenters. The normalized spacial score (nSPS) is 15.3. The first-order valence-corrected chi connectivity index (χ1v) is 13.4. The van der Waals surface area contributed by atoms with Gasteiger partial charge in [-0.25, -0.2) is 23.5 Å². The number of carbonyl (C=O) groups excluding carboxylic acids is 1. The average molecular weight is 549 g/mol. The molecule has 0 spiro atoms. The highest BCUT2D eigenvalue weighted by Crippen LogP contribution is 2.34. The molecule has 6 rings (SSSR count). The van der Waals surface area contributed by atoms with E-state index < -0.39 is 11.4 Å². The molecule has 4 heterocycles. The van der Waals surface area contributed by atoms with Gasteiger partial charge < -0.3 is 4.98 Å². The van der Waals surface area contributed by atoms with Crippen molar-refractivity contribution in [2.24, 2.45) is 5.10 Å². The number of aromatic amines is 1. The summed E-state index contributed by atoms with van der Waals surface area (Å²) in [7, 11) is 0. The lowest BCUT2D eigenvalue weighted by molar-refractivity contribution is -0.130. The van der Waals surface area contributed by atoms with Gasteiger partial charge in [-0.05, 0) is 53.4 Å². The molecule has 0 saturated carbocycles. The van der Waals surface area contributed by atoms with Crippen molar-refractivity contribution in [2.45, 2.75) is 17.6 Å². The Balaban J connectivity index is 1.26. The molecule has 0 saturated heterocycles. The molecule has 1 N–H and O–H groups in total. The number of nitrogens with one attached hydrogen (secondary N) is 1. The SMILES string of the molecule is O=C(CSc1nc2c(cnn2-c2ccc(F)cc2)c(=O)[nH]1)N1N=C(c2cccs2)CC1c1ccc(F)cc1. The number of aromatic nitrogens is 4. The van der Waals surface area contributed by atoms with E-state index in [9.17, 15) is 18.4 Å². The summed E-state index contributed by atoms with van der Waals surface area (Å²) in [6.45, 7) is 0. The second-order valence-electron chi connectivity index (χ2n) is 8.46. The van der Waals surface area contributed by atoms with Gasteiger partial charge in [0.15, 0.2) is 10.8 Å². The number of thiophene rings is 1. The van der Waals surface area contributed by atoms with Gasteiger partial charge in [0.1, 0.15) is 17.0 Å². The minimum atomic E-state index is -0.401. The lowest BCUT2D eigenvalue weighted by Crippen LogP contribution is -2.28. The van der Waals surface area contributed by atoms with Gasteiger partial charge >= 0.3 is 0 Å². The van der Waals surface area contributed by atoms with Gasteiger partial charge in [0.05, 0.1) is 34.3 Å². The number of thioether (sulfide) groups is 1. The van der Waals surface area contributed by atoms with Crippen LogP contribution in [0.5, 0.6) is 0 Å². The van der Waals surface area contributed by atoms with E-state index in [1.807, 2.05) is 17.5 Å². The molecule has 1 aliphatic rings. The molecule has 1 amide bonds. The Bertz CT molecular complexity index is 1710. The topological polar surface area (TPSA) is 96.2 Å². The Hall–Kier alpha value is -4.16. The Morgan fingerprint density at radius 3 is 2.53 bits per heavy atom. The molecule has 0 fully saturated rings. The number of benzene rings is 2. The zero-order valence-electron chi connectivity index (χ0n) is 19.5. The summed E-state index contributed by atoms with van der Waals surface area (Å²) in [5, 5.41) is 12.7. The van der Waals surface area contributed by atoms with Crippen LogP contribution < -0.4 is 5.56 Å². The van der Waals surface area contributed by atoms with E-state index in [0.717, 1.165) is 27.9 Å². The zero-order valence-corrected chi connectivity index (χ0v) is 21.2. The van der Waals surface area contributed by atoms with Crippen molar-refractivity contribution in [3.05, 3.63) is 105 Å². The third kappa shape index (κ3) is 4.63. The summed E-state index contributed by atoms with van der Waals surface area (Å²) in [5.74, 6) is -1.08. The molecule has 0 bridgehead atoms. The highest BCUT2D eigenvalue weighted by Gasteiger charge is 2.33. The van der Waals surface area contributed by atoms with Crippen molar-refractivity contribution in [3.8, 4) is 5.69 Å². The van der Waals surface area contributed by atoms with Gasteiger partial charge in [-0.3, -0.25) is 9.59 Å². The molecule has 1 atom stereocenters. The van der Waals surface area contributed by atoms with E-state index in [0.29, 0.717) is 17.8 Å². The summed E-state index contributed by atoms with van der Waals surface area (Å²) in [5.41, 5.74) is 1.99. The maximum absolute atomic E-state index is 13.5. The second kappa shape index (κ2) is 9.95. The first-order valence-electron chi connectivity index (χ1n) is 11.5. The third-order valence-corrected chi connectivity index (χ3v) is 7.82. The molecular formula is C26H18F2N6O2S2. The number of hydrogen-bond donors (Lipinski definition) is 1. The van der Waals surface area contributed by atoms with Gasteiger partial charge in [0.2, 0.25) is 0 Å². The highest BCUT2D eigenvalue weighted by molar-refractivity contribution is 7.99. The Labute approximate surface area is 222 Å². The van der Waals surface area contributed by atoms with Crippen molar-refractivity contribution in [1.82, 2.24) is 24.8 Å². The van der Waals surface area contributed by atoms with Crippen LogP contribution >= 0.6 is 23.1 Å². The third-order valence-electron chi connectivity index (χ3n) is 6.05. The van der Waals surface area contributed by atoms with E-state index in [4.69, 9.17) is 0 Å². The number of fused-ring (bicyclic) bond motifs is 1. The van der Waals surface area contributed by atoms with Crippen molar-refractivity contribution in [1.29, 1.82) is 0 Å². The first-order chi connectivity index (χ1) is 18.5. The fourth-order valence-corrected chi connectivity index (χ4v) is 5.64. The molecule has 38 heavy (non-hydrogen) atoms. The van der Waals surface area contributed by atoms with Gasteiger partial charge in [-0.1, -0.05) is 30.0 Å². The summed E-state index contributed by atoms with van der Waals surface area (Å²) >= 11 is 2.60. The fourth-order valence-electron chi connectivity index (χ4n) is 4.21. The van der Waals surface area contributed by atoms with Crippen LogP contribution in [0, 0.1) is 11.6 Å². The van der Waals surface area contributed by atoms with Crippen LogP contribution in [0.25, 0.3) is 16.7 Å². The van der Waals surface area contributed by atoms with Crippen LogP contribution in [0.1, 0.15) is 22.9 Å². The molecule has 1 aliphatic heterocycles. The molecule has 8 nitrogen and oxygen atoms in total. The molecule has 2 aromatic carbocycles. The van der Waals surface area contributed by atoms with Crippen LogP contribution in [-0.4, -0.2) is 42.1 Å². The van der Waals surface area contributed by atoms with E-state index in [-0.39, 0.29) is 34.1 Å². The Morgan fingerprint density at radius 2 is 1.82 bits per heavy atom. The van der Waals surface area contributed by atoms with Crippen LogP contribution in [0.3, 0.4) is 0 Å². The number of nitrogens with zero attached hydrogens (tertiary/aromatic N) is 5. The van der Waals surface area contributed by atoms with Crippen molar-refractivity contribution in [2.75, 3.05) is 5.75 Å². The molecule has 3 aromatic heterocycles. The fraction of sp³-hybridized carbons (Fsp3) is 0.115. The summed E-state index contributed by atoms with van der Waals surface area (Å²) in [4.78, 5) is 34.2. The smallest absolute Gasteiger partial charge is 0.262 e. The lowest BCUT2D eigenvalue weighted by Gasteiger charge is -2.21. The quantitative estimate of drug-likeness (QED) is 0.240. The van der Waals surface area contributed by atoms with E-state index in [2.05, 4.69) is 20.2 Å². The van der Waals surface area contributed by atoms with Gasteiger partial charge in [-0.2, -0.15) is 10.2 Å². The van der Waals surface area contributed by atoms with E-state index in [1.165, 1.54) is 63.6 Å². The number of rotatable bonds is 6. The number of hydrogen-bond acceptors (Lipinski definition) is 7. The summed E-state index contributed by atoms with van der Waals surface area (Å²) < 4.78 is 28.4. The predicted molar refractivity (Wildman–Crippen MR) is 142 cm³/mol. The minimum absolute atomic E-state index is 0.0436. The first kappa shape index (κ1) is 24.2. The van der Waals surface area contributed by atoms with Gasteiger partial charge in [0, 0.05) is 6.42 Å². The van der Waals surface area contributed by atoms with E-state index in [1.54, 1.807) is 12.1 Å². The summed E-state index contributed by atoms with van der Waals surface area (Å²) in [6.07, 6.45) is 1.89. The Morgan fingerprint density at radius 1 is 1.08 bits per heavy atom. The van der Waals surface area contributed by atoms with E-state index >= 15 is 0 Å². The van der Waals surface area contributed by atoms with Crippen LogP contribution in [0.15, 0.2) is 87.3 Å². The van der Waals surface area contributed by atoms with Gasteiger partial charge in [-0.15, -0.1) is 11.3 Å². The molecular weight excluding hydrogens is 530 g/mol. The molecule has 190 valence electrons. The van der Waals surface area contributed by atoms with Gasteiger partial charge in [0.25, 0.3) is 11.5 Å². The molecule has 5 aromatic rings. The number of carbonyl (C=O) groups is 1. The number of amides is 1. The number of H-pyrrole nitrogens is 1. The minimum Gasteiger partial charge on any atom is -0.301 e. The summed E-state index contributed by atoms with van der Waals surface area (Å²) in [6, 6.07) is 15.2. The largest absolute Gasteiger partial charge is 0.301 e. The highest BCUT2D eigenvalue weighted by atomic mass is 32.2. The van der Waals surface area contributed by atoms with Crippen LogP contribution in [-0.2, 0) is 4.79 Å². The molecule has 0 radical (unpaired) electrons. The maximum atomic E-state index is 13.5. The number of halogens is 2. The van der Waals surface area contributed by atoms with Crippen LogP contribution in [0.4, 0.5) is 8.78 Å². The standard InChI is InChI=1S/C26H18F2N6O2S2/c27-16-5-3-15(4-6-16)21-12-20(22-2-1-11-37-22)32-34(21)23(35)14-38-26-30-24-19(25(36)31-26)13-29-33(24)18-9-7-17(28)8-10-18/h1-11,13,21H,12,14H2,(H,30,31,36). The Kier molecular flexibility index (Phi) is 6.34. The number of hydrazone groups is 1. The molecule has 12 heteroatoms. The van der Waals surface area contributed by atoms with Crippen molar-refractivity contribution in [3.63, 3.8) is 0 Å². The monoisotopic (exact) mass is 548 g/mol. The van der Waals surface area contributed by atoms with Crippen molar-refractivity contribution >= 4 is 45.8 Å². The van der Waals surface area contributed by atoms with Crippen molar-refractivity contribution < 1.29 is 13.6 Å². The maximum Gasteiger partial charge on any atom is 0.262 e. The zero-order chi connectivity index (χ0) is 26.2. The molecule has 0 aliphatic carbocycles. The lowest BCUT2D eigenvalue weighted by atomic mass is 10.0. The second-order valence-corrected chi connectivity index (χ2v) is 10.4. The van der Waals surface area contributed by atoms with Crippen LogP contribution in [0.2, 0.25) is 0 Å². The average Bonchev–Trinajstić information content (AvgIpc) is 3.68.